The summed E-state index contributed by atoms with van der Waals surface area (Å²) >= 11 is 0. The molecule has 6 heteroatoms. The first kappa shape index (κ1) is 15.0. The van der Waals surface area contributed by atoms with Crippen LogP contribution in [0.15, 0.2) is 66.9 Å². The van der Waals surface area contributed by atoms with Gasteiger partial charge in [0, 0.05) is 6.20 Å². The van der Waals surface area contributed by atoms with E-state index in [2.05, 4.69) is 4.98 Å². The molecule has 4 unspecified atom stereocenters. The minimum atomic E-state index is -0.685. The molecule has 3 aliphatic rings. The smallest absolute Gasteiger partial charge is 0.240 e. The normalized spacial score (nSPS) is 29.5. The maximum Gasteiger partial charge on any atom is 0.240 e. The number of aromatic nitrogens is 1. The topological polar surface area (TPSA) is 70.6 Å². The Hall–Kier alpha value is -3.28. The van der Waals surface area contributed by atoms with Crippen LogP contribution in [0, 0.1) is 11.8 Å². The number of ketones is 1. The Morgan fingerprint density at radius 3 is 2.31 bits per heavy atom. The SMILES string of the molecule is O=C1C=CC2C3C(=O)N(c4ccccc4)C(=O)C3C1N2c1ccccn1. The zero-order chi connectivity index (χ0) is 17.8. The summed E-state index contributed by atoms with van der Waals surface area (Å²) in [6, 6.07) is 13.3. The van der Waals surface area contributed by atoms with E-state index in [4.69, 9.17) is 0 Å². The molecule has 26 heavy (non-hydrogen) atoms. The van der Waals surface area contributed by atoms with E-state index in [1.54, 1.807) is 48.7 Å². The van der Waals surface area contributed by atoms with Crippen LogP contribution in [0.2, 0.25) is 0 Å². The van der Waals surface area contributed by atoms with Crippen molar-refractivity contribution < 1.29 is 14.4 Å². The molecule has 2 saturated heterocycles. The number of fused-ring (bicyclic) bond motifs is 5. The molecule has 0 aliphatic carbocycles. The summed E-state index contributed by atoms with van der Waals surface area (Å²) in [5, 5.41) is 0. The molecule has 0 saturated carbocycles. The zero-order valence-electron chi connectivity index (χ0n) is 13.7. The number of carbonyl (C=O) groups excluding carboxylic acids is 3. The predicted molar refractivity (Wildman–Crippen MR) is 94.4 cm³/mol. The molecule has 4 atom stereocenters. The van der Waals surface area contributed by atoms with Gasteiger partial charge in [-0.2, -0.15) is 0 Å². The van der Waals surface area contributed by atoms with Gasteiger partial charge < -0.3 is 4.90 Å². The van der Waals surface area contributed by atoms with Crippen molar-refractivity contribution in [3.8, 4) is 0 Å². The molecular formula is C20H15N3O3. The second-order valence-corrected chi connectivity index (χ2v) is 6.69. The number of carbonyl (C=O) groups is 3. The summed E-state index contributed by atoms with van der Waals surface area (Å²) in [6.07, 6.45) is 4.88. The molecule has 0 radical (unpaired) electrons. The summed E-state index contributed by atoms with van der Waals surface area (Å²) in [5.74, 6) is -1.36. The van der Waals surface area contributed by atoms with E-state index in [0.717, 1.165) is 0 Å². The van der Waals surface area contributed by atoms with Crippen LogP contribution >= 0.6 is 0 Å². The number of amides is 2. The highest BCUT2D eigenvalue weighted by Gasteiger charge is 2.64. The molecule has 0 spiro atoms. The lowest BCUT2D eigenvalue weighted by Gasteiger charge is -2.34. The summed E-state index contributed by atoms with van der Waals surface area (Å²) < 4.78 is 0. The quantitative estimate of drug-likeness (QED) is 0.773. The van der Waals surface area contributed by atoms with Gasteiger partial charge in [0.2, 0.25) is 11.8 Å². The van der Waals surface area contributed by atoms with Gasteiger partial charge in [0.15, 0.2) is 5.78 Å². The molecule has 1 aromatic heterocycles. The lowest BCUT2D eigenvalue weighted by molar-refractivity contribution is -0.125. The number of para-hydroxylation sites is 1. The molecule has 2 fully saturated rings. The van der Waals surface area contributed by atoms with Gasteiger partial charge in [0.25, 0.3) is 0 Å². The Labute approximate surface area is 149 Å². The molecule has 3 aliphatic heterocycles. The Balaban J connectivity index is 1.61. The highest BCUT2D eigenvalue weighted by atomic mass is 16.2. The van der Waals surface area contributed by atoms with Gasteiger partial charge >= 0.3 is 0 Å². The Bertz CT molecular complexity index is 941. The number of hydrogen-bond acceptors (Lipinski definition) is 5. The third kappa shape index (κ3) is 1.87. The Morgan fingerprint density at radius 1 is 0.846 bits per heavy atom. The minimum Gasteiger partial charge on any atom is -0.338 e. The lowest BCUT2D eigenvalue weighted by atomic mass is 9.90. The van der Waals surface area contributed by atoms with Crippen molar-refractivity contribution in [1.29, 1.82) is 0 Å². The molecule has 2 aromatic rings. The highest BCUT2D eigenvalue weighted by molar-refractivity contribution is 6.25. The molecule has 2 bridgehead atoms. The van der Waals surface area contributed by atoms with Crippen molar-refractivity contribution in [3.05, 3.63) is 66.9 Å². The average molecular weight is 345 g/mol. The second kappa shape index (κ2) is 5.36. The maximum absolute atomic E-state index is 13.1. The van der Waals surface area contributed by atoms with Crippen LogP contribution in [-0.2, 0) is 14.4 Å². The predicted octanol–water partition coefficient (Wildman–Crippen LogP) is 1.58. The first-order chi connectivity index (χ1) is 12.7. The Morgan fingerprint density at radius 2 is 1.58 bits per heavy atom. The van der Waals surface area contributed by atoms with Crippen LogP contribution in [0.5, 0.6) is 0 Å². The van der Waals surface area contributed by atoms with E-state index in [1.165, 1.54) is 11.0 Å². The standard InChI is InChI=1S/C20H15N3O3/c24-14-10-9-13-16-17(18(14)23(13)15-8-4-5-11-21-15)20(26)22(19(16)25)12-6-2-1-3-7-12/h1-11,13,16-18H. The van der Waals surface area contributed by atoms with E-state index < -0.39 is 17.9 Å². The number of benzene rings is 1. The largest absolute Gasteiger partial charge is 0.338 e. The number of nitrogens with zero attached hydrogens (tertiary/aromatic N) is 3. The van der Waals surface area contributed by atoms with Gasteiger partial charge in [-0.3, -0.25) is 14.4 Å². The molecular weight excluding hydrogens is 330 g/mol. The van der Waals surface area contributed by atoms with E-state index in [0.29, 0.717) is 11.5 Å². The van der Waals surface area contributed by atoms with Gasteiger partial charge in [0.1, 0.15) is 11.9 Å². The summed E-state index contributed by atoms with van der Waals surface area (Å²) in [7, 11) is 0. The van der Waals surface area contributed by atoms with Crippen molar-refractivity contribution in [2.24, 2.45) is 11.8 Å². The van der Waals surface area contributed by atoms with Crippen molar-refractivity contribution in [3.63, 3.8) is 0 Å². The molecule has 0 N–H and O–H groups in total. The van der Waals surface area contributed by atoms with Crippen LogP contribution in [0.1, 0.15) is 0 Å². The third-order valence-corrected chi connectivity index (χ3v) is 5.40. The summed E-state index contributed by atoms with van der Waals surface area (Å²) in [6.45, 7) is 0. The molecule has 6 nitrogen and oxygen atoms in total. The monoisotopic (exact) mass is 345 g/mol. The number of rotatable bonds is 2. The number of anilines is 2. The van der Waals surface area contributed by atoms with Crippen LogP contribution in [0.4, 0.5) is 11.5 Å². The van der Waals surface area contributed by atoms with E-state index >= 15 is 0 Å². The van der Waals surface area contributed by atoms with Crippen LogP contribution in [-0.4, -0.2) is 34.7 Å². The first-order valence-electron chi connectivity index (χ1n) is 8.53. The van der Waals surface area contributed by atoms with Gasteiger partial charge in [-0.05, 0) is 30.3 Å². The highest BCUT2D eigenvalue weighted by Crippen LogP contribution is 2.47. The molecule has 1 aromatic carbocycles. The van der Waals surface area contributed by atoms with Crippen LogP contribution < -0.4 is 9.80 Å². The van der Waals surface area contributed by atoms with E-state index in [1.807, 2.05) is 17.0 Å². The summed E-state index contributed by atoms with van der Waals surface area (Å²) in [4.78, 5) is 46.3. The lowest BCUT2D eigenvalue weighted by Crippen LogP contribution is -2.49. The third-order valence-electron chi connectivity index (χ3n) is 5.40. The van der Waals surface area contributed by atoms with Crippen molar-refractivity contribution in [1.82, 2.24) is 4.98 Å². The van der Waals surface area contributed by atoms with E-state index in [-0.39, 0.29) is 23.6 Å². The van der Waals surface area contributed by atoms with E-state index in [9.17, 15) is 14.4 Å². The second-order valence-electron chi connectivity index (χ2n) is 6.69. The molecule has 5 rings (SSSR count). The Kier molecular flexibility index (Phi) is 3.09. The number of hydrogen-bond donors (Lipinski definition) is 0. The minimum absolute atomic E-state index is 0.157. The van der Waals surface area contributed by atoms with Crippen molar-refractivity contribution in [2.45, 2.75) is 12.1 Å². The molecule has 4 heterocycles. The molecule has 2 amide bonds. The average Bonchev–Trinajstić information content (AvgIpc) is 3.09. The van der Waals surface area contributed by atoms with Crippen LogP contribution in [0.3, 0.4) is 0 Å². The zero-order valence-corrected chi connectivity index (χ0v) is 13.7. The van der Waals surface area contributed by atoms with Gasteiger partial charge in [-0.25, -0.2) is 9.88 Å². The van der Waals surface area contributed by atoms with Gasteiger partial charge in [-0.1, -0.05) is 30.3 Å². The first-order valence-corrected chi connectivity index (χ1v) is 8.53. The van der Waals surface area contributed by atoms with Gasteiger partial charge in [0.05, 0.1) is 23.6 Å². The van der Waals surface area contributed by atoms with Crippen molar-refractivity contribution in [2.75, 3.05) is 9.80 Å². The molecule has 128 valence electrons. The fourth-order valence-electron chi connectivity index (χ4n) is 4.39. The number of pyridine rings is 1. The fourth-order valence-corrected chi connectivity index (χ4v) is 4.39. The van der Waals surface area contributed by atoms with Crippen molar-refractivity contribution >= 4 is 29.1 Å². The number of imide groups is 1. The van der Waals surface area contributed by atoms with Crippen LogP contribution in [0.25, 0.3) is 0 Å². The van der Waals surface area contributed by atoms with Gasteiger partial charge in [-0.15, -0.1) is 0 Å². The summed E-state index contributed by atoms with van der Waals surface area (Å²) in [5.41, 5.74) is 0.552. The fraction of sp³-hybridized carbons (Fsp3) is 0.200. The maximum atomic E-state index is 13.1.